The maximum atomic E-state index is 11.0. The summed E-state index contributed by atoms with van der Waals surface area (Å²) < 4.78 is 5.27. The maximum absolute atomic E-state index is 11.0. The molecule has 1 rings (SSSR count). The minimum atomic E-state index is -0.516. The zero-order chi connectivity index (χ0) is 11.1. The van der Waals surface area contributed by atoms with Crippen molar-refractivity contribution in [3.8, 4) is 17.6 Å². The topological polar surface area (TPSA) is 78.3 Å². The second-order valence-corrected chi connectivity index (χ2v) is 2.71. The van der Waals surface area contributed by atoms with Gasteiger partial charge < -0.3 is 16.2 Å². The minimum absolute atomic E-state index is 0.196. The maximum Gasteiger partial charge on any atom is 0.252 e. The van der Waals surface area contributed by atoms with E-state index in [1.165, 1.54) is 0 Å². The first kappa shape index (κ1) is 11.1. The van der Waals surface area contributed by atoms with Crippen molar-refractivity contribution in [3.63, 3.8) is 0 Å². The van der Waals surface area contributed by atoms with E-state index in [9.17, 15) is 4.79 Å². The largest absolute Gasteiger partial charge is 0.480 e. The average molecular weight is 204 g/mol. The number of hydrogen-bond donors (Lipinski definition) is 2. The molecule has 0 radical (unpaired) electrons. The molecule has 0 saturated heterocycles. The van der Waals surface area contributed by atoms with Crippen molar-refractivity contribution in [2.24, 2.45) is 11.5 Å². The second kappa shape index (κ2) is 5.68. The molecule has 4 nitrogen and oxygen atoms in total. The Morgan fingerprint density at radius 3 is 2.73 bits per heavy atom. The molecular weight excluding hydrogens is 192 g/mol. The van der Waals surface area contributed by atoms with E-state index in [4.69, 9.17) is 16.2 Å². The van der Waals surface area contributed by atoms with Crippen LogP contribution >= 0.6 is 0 Å². The molecule has 0 fully saturated rings. The van der Waals surface area contributed by atoms with Gasteiger partial charge in [-0.2, -0.15) is 0 Å². The Kier molecular flexibility index (Phi) is 4.20. The van der Waals surface area contributed by atoms with Crippen LogP contribution < -0.4 is 16.2 Å². The van der Waals surface area contributed by atoms with Gasteiger partial charge in [0.05, 0.1) is 12.1 Å². The summed E-state index contributed by atoms with van der Waals surface area (Å²) in [5, 5.41) is 0. The second-order valence-electron chi connectivity index (χ2n) is 2.71. The van der Waals surface area contributed by atoms with Crippen LogP contribution in [0.25, 0.3) is 0 Å². The monoisotopic (exact) mass is 204 g/mol. The molecule has 0 unspecified atom stereocenters. The molecule has 4 heteroatoms. The van der Waals surface area contributed by atoms with Crippen molar-refractivity contribution < 1.29 is 9.53 Å². The van der Waals surface area contributed by atoms with E-state index >= 15 is 0 Å². The van der Waals surface area contributed by atoms with E-state index in [-0.39, 0.29) is 6.61 Å². The molecular formula is C11H12N2O2. The average Bonchev–Trinajstić information content (AvgIpc) is 2.25. The molecule has 0 aliphatic rings. The number of nitrogens with two attached hydrogens (primary N) is 2. The number of ether oxygens (including phenoxy) is 1. The zero-order valence-electron chi connectivity index (χ0n) is 8.19. The third-order valence-electron chi connectivity index (χ3n) is 1.68. The highest BCUT2D eigenvalue weighted by Crippen LogP contribution is 2.16. The smallest absolute Gasteiger partial charge is 0.252 e. The molecule has 1 aromatic carbocycles. The van der Waals surface area contributed by atoms with Crippen LogP contribution in [0.15, 0.2) is 24.3 Å². The lowest BCUT2D eigenvalue weighted by molar-refractivity contribution is 0.0997. The van der Waals surface area contributed by atoms with Gasteiger partial charge in [0.15, 0.2) is 0 Å². The molecule has 4 N–H and O–H groups in total. The van der Waals surface area contributed by atoms with Gasteiger partial charge in [0.25, 0.3) is 5.91 Å². The van der Waals surface area contributed by atoms with E-state index in [0.717, 1.165) is 0 Å². The number of primary amides is 1. The summed E-state index contributed by atoms with van der Waals surface area (Å²) in [6.07, 6.45) is 0. The van der Waals surface area contributed by atoms with Crippen molar-refractivity contribution in [1.29, 1.82) is 0 Å². The summed E-state index contributed by atoms with van der Waals surface area (Å²) in [5.74, 6) is 5.28. The van der Waals surface area contributed by atoms with Gasteiger partial charge in [-0.3, -0.25) is 4.79 Å². The number of benzene rings is 1. The Morgan fingerprint density at radius 2 is 2.07 bits per heavy atom. The SMILES string of the molecule is NCC#CCOc1ccccc1C(N)=O. The molecule has 78 valence electrons. The fourth-order valence-corrected chi connectivity index (χ4v) is 1.03. The fourth-order valence-electron chi connectivity index (χ4n) is 1.03. The third-order valence-corrected chi connectivity index (χ3v) is 1.68. The Labute approximate surface area is 88.2 Å². The first-order valence-corrected chi connectivity index (χ1v) is 4.43. The molecule has 0 atom stereocenters. The highest BCUT2D eigenvalue weighted by atomic mass is 16.5. The van der Waals surface area contributed by atoms with Crippen molar-refractivity contribution in [3.05, 3.63) is 29.8 Å². The van der Waals surface area contributed by atoms with Crippen molar-refractivity contribution >= 4 is 5.91 Å². The number of amides is 1. The summed E-state index contributed by atoms with van der Waals surface area (Å²) in [4.78, 5) is 11.0. The molecule has 0 bridgehead atoms. The Bertz CT molecular complexity index is 405. The molecule has 0 spiro atoms. The molecule has 15 heavy (non-hydrogen) atoms. The predicted molar refractivity (Wildman–Crippen MR) is 57.3 cm³/mol. The standard InChI is InChI=1S/C11H12N2O2/c12-7-3-4-8-15-10-6-2-1-5-9(10)11(13)14/h1-2,5-6H,7-8,12H2,(H2,13,14). The molecule has 1 aromatic rings. The Morgan fingerprint density at radius 1 is 1.33 bits per heavy atom. The minimum Gasteiger partial charge on any atom is -0.480 e. The van der Waals surface area contributed by atoms with E-state index in [2.05, 4.69) is 11.8 Å². The number of rotatable bonds is 3. The number of para-hydroxylation sites is 1. The van der Waals surface area contributed by atoms with Crippen LogP contribution in [0.5, 0.6) is 5.75 Å². The van der Waals surface area contributed by atoms with Crippen LogP contribution in [0.4, 0.5) is 0 Å². The lowest BCUT2D eigenvalue weighted by Gasteiger charge is -2.05. The fraction of sp³-hybridized carbons (Fsp3) is 0.182. The summed E-state index contributed by atoms with van der Waals surface area (Å²) in [6.45, 7) is 0.488. The van der Waals surface area contributed by atoms with Gasteiger partial charge in [-0.1, -0.05) is 24.0 Å². The van der Waals surface area contributed by atoms with Crippen molar-refractivity contribution in [2.45, 2.75) is 0 Å². The Hall–Kier alpha value is -1.99. The normalized spacial score (nSPS) is 8.87. The van der Waals surface area contributed by atoms with Gasteiger partial charge in [-0.25, -0.2) is 0 Å². The highest BCUT2D eigenvalue weighted by molar-refractivity contribution is 5.95. The summed E-state index contributed by atoms with van der Waals surface area (Å²) in [7, 11) is 0. The van der Waals surface area contributed by atoms with Crippen LogP contribution in [0.2, 0.25) is 0 Å². The lowest BCUT2D eigenvalue weighted by Crippen LogP contribution is -2.13. The van der Waals surface area contributed by atoms with Gasteiger partial charge in [-0.05, 0) is 12.1 Å². The van der Waals surface area contributed by atoms with E-state index in [1.807, 2.05) is 0 Å². The van der Waals surface area contributed by atoms with Crippen LogP contribution in [0, 0.1) is 11.8 Å². The van der Waals surface area contributed by atoms with Crippen LogP contribution in [-0.4, -0.2) is 19.1 Å². The number of carbonyl (C=O) groups excluding carboxylic acids is 1. The van der Waals surface area contributed by atoms with Gasteiger partial charge in [0.2, 0.25) is 0 Å². The quantitative estimate of drug-likeness (QED) is 0.687. The molecule has 0 aliphatic heterocycles. The summed E-state index contributed by atoms with van der Waals surface area (Å²) in [6, 6.07) is 6.76. The summed E-state index contributed by atoms with van der Waals surface area (Å²) >= 11 is 0. The lowest BCUT2D eigenvalue weighted by atomic mass is 10.2. The van der Waals surface area contributed by atoms with E-state index < -0.39 is 5.91 Å². The van der Waals surface area contributed by atoms with Crippen LogP contribution in [0.1, 0.15) is 10.4 Å². The van der Waals surface area contributed by atoms with E-state index in [0.29, 0.717) is 17.9 Å². The molecule has 0 saturated carbocycles. The van der Waals surface area contributed by atoms with Crippen molar-refractivity contribution in [1.82, 2.24) is 0 Å². The van der Waals surface area contributed by atoms with E-state index in [1.54, 1.807) is 24.3 Å². The van der Waals surface area contributed by atoms with Gasteiger partial charge >= 0.3 is 0 Å². The summed E-state index contributed by atoms with van der Waals surface area (Å²) in [5.41, 5.74) is 10.7. The van der Waals surface area contributed by atoms with Gasteiger partial charge in [0.1, 0.15) is 12.4 Å². The van der Waals surface area contributed by atoms with Crippen LogP contribution in [0.3, 0.4) is 0 Å². The zero-order valence-corrected chi connectivity index (χ0v) is 8.19. The molecule has 1 amide bonds. The molecule has 0 heterocycles. The molecule has 0 aromatic heterocycles. The molecule has 0 aliphatic carbocycles. The third kappa shape index (κ3) is 3.33. The van der Waals surface area contributed by atoms with Crippen molar-refractivity contribution in [2.75, 3.05) is 13.2 Å². The first-order valence-electron chi connectivity index (χ1n) is 4.43. The van der Waals surface area contributed by atoms with Gasteiger partial charge in [-0.15, -0.1) is 0 Å². The number of hydrogen-bond acceptors (Lipinski definition) is 3. The predicted octanol–water partition coefficient (Wildman–Crippen LogP) is 0.126. The highest BCUT2D eigenvalue weighted by Gasteiger charge is 2.06. The Balaban J connectivity index is 2.72. The van der Waals surface area contributed by atoms with Crippen LogP contribution in [-0.2, 0) is 0 Å². The van der Waals surface area contributed by atoms with Gasteiger partial charge in [0, 0.05) is 0 Å². The first-order chi connectivity index (χ1) is 7.25. The number of carbonyl (C=O) groups is 1.